The first-order chi connectivity index (χ1) is 17.4. The molecule has 200 valence electrons. The molecule has 0 saturated carbocycles. The van der Waals surface area contributed by atoms with Crippen molar-refractivity contribution in [1.29, 1.82) is 0 Å². The van der Waals surface area contributed by atoms with Crippen LogP contribution < -0.4 is 0 Å². The van der Waals surface area contributed by atoms with Crippen LogP contribution in [0.4, 0.5) is 0 Å². The summed E-state index contributed by atoms with van der Waals surface area (Å²) in [6.45, 7) is 6.96. The number of hydrogen-bond acceptors (Lipinski definition) is 2. The van der Waals surface area contributed by atoms with E-state index in [2.05, 4.69) is 66.4 Å². The molecule has 0 N–H and O–H groups in total. The highest BCUT2D eigenvalue weighted by molar-refractivity contribution is 5.21. The molecule has 2 rings (SSSR count). The van der Waals surface area contributed by atoms with E-state index in [1.54, 1.807) is 0 Å². The van der Waals surface area contributed by atoms with Crippen LogP contribution in [0.15, 0.2) is 42.7 Å². The number of nitrogens with zero attached hydrogens (tertiary/aromatic N) is 2. The molecule has 0 amide bonds. The lowest BCUT2D eigenvalue weighted by atomic mass is 10.0. The SMILES string of the molecule is CCCCCCCCCCCCCCCCCN1C=CN(CCCCCCC)C1c1ccccc1. The minimum Gasteiger partial charge on any atom is -0.352 e. The van der Waals surface area contributed by atoms with Crippen molar-refractivity contribution < 1.29 is 0 Å². The molecule has 2 heteroatoms. The summed E-state index contributed by atoms with van der Waals surface area (Å²) in [7, 11) is 0. The van der Waals surface area contributed by atoms with Crippen LogP contribution in [0.5, 0.6) is 0 Å². The summed E-state index contributed by atoms with van der Waals surface area (Å²) in [4.78, 5) is 5.16. The molecular weight excluding hydrogens is 424 g/mol. The average Bonchev–Trinajstić information content (AvgIpc) is 3.29. The Morgan fingerprint density at radius 1 is 0.457 bits per heavy atom. The van der Waals surface area contributed by atoms with Crippen molar-refractivity contribution in [3.8, 4) is 0 Å². The molecule has 1 aromatic rings. The first kappa shape index (κ1) is 29.8. The van der Waals surface area contributed by atoms with Crippen LogP contribution >= 0.6 is 0 Å². The van der Waals surface area contributed by atoms with Crippen molar-refractivity contribution >= 4 is 0 Å². The maximum absolute atomic E-state index is 2.59. The van der Waals surface area contributed by atoms with Crippen molar-refractivity contribution in [2.75, 3.05) is 13.1 Å². The largest absolute Gasteiger partial charge is 0.352 e. The van der Waals surface area contributed by atoms with E-state index in [1.807, 2.05) is 0 Å². The predicted octanol–water partition coefficient (Wildman–Crippen LogP) is 10.6. The van der Waals surface area contributed by atoms with Crippen molar-refractivity contribution in [1.82, 2.24) is 9.80 Å². The van der Waals surface area contributed by atoms with Gasteiger partial charge in [-0.15, -0.1) is 0 Å². The number of benzene rings is 1. The molecule has 0 saturated heterocycles. The monoisotopic (exact) mass is 482 g/mol. The van der Waals surface area contributed by atoms with Gasteiger partial charge in [-0.3, -0.25) is 0 Å². The van der Waals surface area contributed by atoms with Gasteiger partial charge in [-0.2, -0.15) is 0 Å². The summed E-state index contributed by atoms with van der Waals surface area (Å²) in [5, 5.41) is 0. The lowest BCUT2D eigenvalue weighted by Gasteiger charge is -2.33. The van der Waals surface area contributed by atoms with Gasteiger partial charge in [-0.1, -0.05) is 160 Å². The molecule has 1 aliphatic rings. The Kier molecular flexibility index (Phi) is 17.6. The highest BCUT2D eigenvalue weighted by Crippen LogP contribution is 2.31. The normalized spacial score (nSPS) is 15.4. The fourth-order valence-electron chi connectivity index (χ4n) is 5.49. The molecule has 0 aliphatic carbocycles. The first-order valence-corrected chi connectivity index (χ1v) is 15.6. The minimum absolute atomic E-state index is 0.397. The van der Waals surface area contributed by atoms with Crippen molar-refractivity contribution in [2.24, 2.45) is 0 Å². The quantitative estimate of drug-likeness (QED) is 0.143. The Balaban J connectivity index is 1.53. The Hall–Kier alpha value is -1.44. The first-order valence-electron chi connectivity index (χ1n) is 15.6. The molecule has 0 aromatic heterocycles. The van der Waals surface area contributed by atoms with Gasteiger partial charge >= 0.3 is 0 Å². The number of hydrogen-bond donors (Lipinski definition) is 0. The molecule has 35 heavy (non-hydrogen) atoms. The van der Waals surface area contributed by atoms with Gasteiger partial charge in [0, 0.05) is 25.5 Å². The molecule has 0 radical (unpaired) electrons. The van der Waals surface area contributed by atoms with E-state index < -0.39 is 0 Å². The highest BCUT2D eigenvalue weighted by atomic mass is 15.4. The summed E-state index contributed by atoms with van der Waals surface area (Å²) in [6.07, 6.45) is 33.3. The van der Waals surface area contributed by atoms with E-state index in [1.165, 1.54) is 147 Å². The summed E-state index contributed by atoms with van der Waals surface area (Å²) in [5.74, 6) is 0. The van der Waals surface area contributed by atoms with Gasteiger partial charge in [0.25, 0.3) is 0 Å². The van der Waals surface area contributed by atoms with Crippen LogP contribution in [0.2, 0.25) is 0 Å². The van der Waals surface area contributed by atoms with Crippen molar-refractivity contribution in [3.05, 3.63) is 48.3 Å². The van der Waals surface area contributed by atoms with E-state index in [-0.39, 0.29) is 0 Å². The maximum atomic E-state index is 2.59. The lowest BCUT2D eigenvalue weighted by molar-refractivity contribution is 0.150. The minimum atomic E-state index is 0.397. The van der Waals surface area contributed by atoms with Crippen LogP contribution in [0.1, 0.15) is 154 Å². The Morgan fingerprint density at radius 2 is 0.800 bits per heavy atom. The Morgan fingerprint density at radius 3 is 1.17 bits per heavy atom. The molecule has 0 bridgehead atoms. The average molecular weight is 483 g/mol. The molecule has 1 heterocycles. The fraction of sp³-hybridized carbons (Fsp3) is 0.758. The third-order valence-electron chi connectivity index (χ3n) is 7.72. The van der Waals surface area contributed by atoms with E-state index in [4.69, 9.17) is 0 Å². The zero-order chi connectivity index (χ0) is 24.8. The second-order valence-corrected chi connectivity index (χ2v) is 10.9. The summed E-state index contributed by atoms with van der Waals surface area (Å²) < 4.78 is 0. The van der Waals surface area contributed by atoms with Gasteiger partial charge in [0.15, 0.2) is 0 Å². The zero-order valence-corrected chi connectivity index (χ0v) is 23.6. The highest BCUT2D eigenvalue weighted by Gasteiger charge is 2.26. The standard InChI is InChI=1S/C33H58N2/c1-3-5-7-9-10-11-12-13-14-15-16-17-18-20-25-29-35-31-30-34(28-24-19-8-6-4-2)33(35)32-26-22-21-23-27-32/h21-23,26-27,30-31,33H,3-20,24-25,28-29H2,1-2H3. The number of unbranched alkanes of at least 4 members (excludes halogenated alkanes) is 18. The molecule has 1 aliphatic heterocycles. The zero-order valence-electron chi connectivity index (χ0n) is 23.6. The predicted molar refractivity (Wildman–Crippen MR) is 155 cm³/mol. The Bertz CT molecular complexity index is 611. The van der Waals surface area contributed by atoms with Crippen LogP contribution in [-0.4, -0.2) is 22.9 Å². The molecule has 0 fully saturated rings. The van der Waals surface area contributed by atoms with Crippen LogP contribution in [0.25, 0.3) is 0 Å². The summed E-state index contributed by atoms with van der Waals surface area (Å²) in [6, 6.07) is 11.1. The van der Waals surface area contributed by atoms with Gasteiger partial charge in [0.1, 0.15) is 6.17 Å². The molecule has 1 unspecified atom stereocenters. The second kappa shape index (κ2) is 20.7. The van der Waals surface area contributed by atoms with E-state index in [0.717, 1.165) is 0 Å². The molecule has 1 aromatic carbocycles. The second-order valence-electron chi connectivity index (χ2n) is 10.9. The third kappa shape index (κ3) is 13.4. The smallest absolute Gasteiger partial charge is 0.127 e. The topological polar surface area (TPSA) is 6.48 Å². The van der Waals surface area contributed by atoms with Crippen molar-refractivity contribution in [3.63, 3.8) is 0 Å². The van der Waals surface area contributed by atoms with Crippen LogP contribution in [-0.2, 0) is 0 Å². The van der Waals surface area contributed by atoms with Crippen LogP contribution in [0.3, 0.4) is 0 Å². The summed E-state index contributed by atoms with van der Waals surface area (Å²) in [5.41, 5.74) is 1.44. The third-order valence-corrected chi connectivity index (χ3v) is 7.72. The van der Waals surface area contributed by atoms with E-state index in [9.17, 15) is 0 Å². The van der Waals surface area contributed by atoms with E-state index in [0.29, 0.717) is 6.17 Å². The van der Waals surface area contributed by atoms with Gasteiger partial charge in [0.2, 0.25) is 0 Å². The van der Waals surface area contributed by atoms with Crippen molar-refractivity contribution in [2.45, 2.75) is 148 Å². The molecular formula is C33H58N2. The fourth-order valence-corrected chi connectivity index (χ4v) is 5.49. The molecule has 0 spiro atoms. The van der Waals surface area contributed by atoms with E-state index >= 15 is 0 Å². The Labute approximate surface area is 219 Å². The number of rotatable bonds is 23. The maximum Gasteiger partial charge on any atom is 0.127 e. The van der Waals surface area contributed by atoms with Gasteiger partial charge in [-0.25, -0.2) is 0 Å². The molecule has 1 atom stereocenters. The summed E-state index contributed by atoms with van der Waals surface area (Å²) >= 11 is 0. The van der Waals surface area contributed by atoms with Gasteiger partial charge in [-0.05, 0) is 18.4 Å². The molecule has 2 nitrogen and oxygen atoms in total. The van der Waals surface area contributed by atoms with Gasteiger partial charge < -0.3 is 9.80 Å². The van der Waals surface area contributed by atoms with Gasteiger partial charge in [0.05, 0.1) is 0 Å². The lowest BCUT2D eigenvalue weighted by Crippen LogP contribution is -2.32. The van der Waals surface area contributed by atoms with Crippen LogP contribution in [0, 0.1) is 0 Å².